The van der Waals surface area contributed by atoms with E-state index in [4.69, 9.17) is 10.9 Å². The van der Waals surface area contributed by atoms with E-state index in [0.29, 0.717) is 6.04 Å². The van der Waals surface area contributed by atoms with Crippen molar-refractivity contribution >= 4 is 17.2 Å². The zero-order chi connectivity index (χ0) is 15.2. The van der Waals surface area contributed by atoms with Crippen LogP contribution in [0.15, 0.2) is 46.9 Å². The van der Waals surface area contributed by atoms with Crippen LogP contribution in [-0.2, 0) is 13.1 Å². The van der Waals surface area contributed by atoms with Gasteiger partial charge in [-0.15, -0.1) is 11.3 Å². The Bertz CT molecular complexity index is 593. The Morgan fingerprint density at radius 2 is 2.10 bits per heavy atom. The Balaban J connectivity index is 2.13. The zero-order valence-electron chi connectivity index (χ0n) is 12.4. The predicted octanol–water partition coefficient (Wildman–Crippen LogP) is 3.25. The zero-order valence-corrected chi connectivity index (χ0v) is 13.2. The first kappa shape index (κ1) is 15.5. The molecule has 1 heterocycles. The lowest BCUT2D eigenvalue weighted by Crippen LogP contribution is -2.29. The number of thiophene rings is 1. The highest BCUT2D eigenvalue weighted by atomic mass is 32.1. The summed E-state index contributed by atoms with van der Waals surface area (Å²) in [6.07, 6.45) is 0. The van der Waals surface area contributed by atoms with Gasteiger partial charge in [0.15, 0.2) is 5.84 Å². The first-order valence-electron chi connectivity index (χ1n) is 6.93. The Kier molecular flexibility index (Phi) is 5.36. The maximum absolute atomic E-state index is 8.77. The number of nitrogens with two attached hydrogens (primary N) is 1. The fraction of sp³-hybridized carbons (Fsp3) is 0.312. The van der Waals surface area contributed by atoms with Crippen molar-refractivity contribution in [1.82, 2.24) is 4.90 Å². The van der Waals surface area contributed by atoms with Gasteiger partial charge in [-0.2, -0.15) is 0 Å². The number of oxime groups is 1. The van der Waals surface area contributed by atoms with Crippen LogP contribution >= 0.6 is 11.3 Å². The molecule has 0 amide bonds. The maximum atomic E-state index is 8.77. The van der Waals surface area contributed by atoms with Crippen molar-refractivity contribution in [2.24, 2.45) is 10.9 Å². The summed E-state index contributed by atoms with van der Waals surface area (Å²) >= 11 is 1.78. The van der Waals surface area contributed by atoms with E-state index in [9.17, 15) is 0 Å². The molecular weight excluding hydrogens is 282 g/mol. The average Bonchev–Trinajstić information content (AvgIpc) is 2.99. The average molecular weight is 303 g/mol. The molecule has 0 spiro atoms. The minimum atomic E-state index is 0.145. The first-order valence-corrected chi connectivity index (χ1v) is 7.81. The van der Waals surface area contributed by atoms with Gasteiger partial charge in [-0.1, -0.05) is 29.4 Å². The standard InChI is InChI=1S/C16H21N3OS/c1-12(2)19(11-15-7-4-8-21-15)10-13-5-3-6-14(9-13)16(17)18-20/h3-9,12,20H,10-11H2,1-2H3,(H2,17,18). The Hall–Kier alpha value is -1.85. The van der Waals surface area contributed by atoms with Gasteiger partial charge in [0.05, 0.1) is 0 Å². The van der Waals surface area contributed by atoms with E-state index in [1.165, 1.54) is 4.88 Å². The molecule has 0 aliphatic carbocycles. The molecule has 0 atom stereocenters. The smallest absolute Gasteiger partial charge is 0.170 e. The molecule has 0 bridgehead atoms. The number of benzene rings is 1. The van der Waals surface area contributed by atoms with E-state index in [1.807, 2.05) is 18.2 Å². The third kappa shape index (κ3) is 4.31. The van der Waals surface area contributed by atoms with Crippen LogP contribution in [-0.4, -0.2) is 22.0 Å². The second kappa shape index (κ2) is 7.24. The number of hydrogen-bond donors (Lipinski definition) is 2. The van der Waals surface area contributed by atoms with Gasteiger partial charge in [0.25, 0.3) is 0 Å². The lowest BCUT2D eigenvalue weighted by Gasteiger charge is -2.26. The quantitative estimate of drug-likeness (QED) is 0.373. The van der Waals surface area contributed by atoms with E-state index in [-0.39, 0.29) is 5.84 Å². The molecule has 2 rings (SSSR count). The fourth-order valence-electron chi connectivity index (χ4n) is 2.15. The number of nitrogens with zero attached hydrogens (tertiary/aromatic N) is 2. The highest BCUT2D eigenvalue weighted by Crippen LogP contribution is 2.17. The van der Waals surface area contributed by atoms with Crippen LogP contribution in [0, 0.1) is 0 Å². The Morgan fingerprint density at radius 3 is 2.71 bits per heavy atom. The normalized spacial score (nSPS) is 12.3. The van der Waals surface area contributed by atoms with E-state index in [2.05, 4.69) is 47.5 Å². The molecule has 112 valence electrons. The molecule has 0 aliphatic rings. The van der Waals surface area contributed by atoms with Gasteiger partial charge in [-0.05, 0) is 36.9 Å². The molecule has 0 unspecified atom stereocenters. The van der Waals surface area contributed by atoms with E-state index >= 15 is 0 Å². The summed E-state index contributed by atoms with van der Waals surface area (Å²) in [5.74, 6) is 0.145. The predicted molar refractivity (Wildman–Crippen MR) is 87.7 cm³/mol. The van der Waals surface area contributed by atoms with Crippen molar-refractivity contribution in [1.29, 1.82) is 0 Å². The highest BCUT2D eigenvalue weighted by Gasteiger charge is 2.12. The summed E-state index contributed by atoms with van der Waals surface area (Å²) in [5, 5.41) is 13.9. The van der Waals surface area contributed by atoms with Crippen LogP contribution in [0.3, 0.4) is 0 Å². The van der Waals surface area contributed by atoms with Crippen LogP contribution in [0.25, 0.3) is 0 Å². The molecule has 3 N–H and O–H groups in total. The summed E-state index contributed by atoms with van der Waals surface area (Å²) < 4.78 is 0. The summed E-state index contributed by atoms with van der Waals surface area (Å²) in [4.78, 5) is 3.76. The lowest BCUT2D eigenvalue weighted by molar-refractivity contribution is 0.205. The van der Waals surface area contributed by atoms with Crippen molar-refractivity contribution in [3.63, 3.8) is 0 Å². The van der Waals surface area contributed by atoms with Gasteiger partial charge in [-0.25, -0.2) is 0 Å². The monoisotopic (exact) mass is 303 g/mol. The summed E-state index contributed by atoms with van der Waals surface area (Å²) in [6, 6.07) is 12.5. The second-order valence-electron chi connectivity index (χ2n) is 5.26. The van der Waals surface area contributed by atoms with Crippen molar-refractivity contribution < 1.29 is 5.21 Å². The van der Waals surface area contributed by atoms with Crippen LogP contribution in [0.1, 0.15) is 29.9 Å². The molecule has 0 saturated carbocycles. The molecule has 0 radical (unpaired) electrons. The highest BCUT2D eigenvalue weighted by molar-refractivity contribution is 7.09. The molecule has 2 aromatic rings. The van der Waals surface area contributed by atoms with Crippen molar-refractivity contribution in [2.75, 3.05) is 0 Å². The van der Waals surface area contributed by atoms with Crippen molar-refractivity contribution in [3.8, 4) is 0 Å². The van der Waals surface area contributed by atoms with Gasteiger partial charge in [0, 0.05) is 29.6 Å². The minimum Gasteiger partial charge on any atom is -0.409 e. The Labute approximate surface area is 129 Å². The minimum absolute atomic E-state index is 0.145. The van der Waals surface area contributed by atoms with Crippen LogP contribution in [0.2, 0.25) is 0 Å². The maximum Gasteiger partial charge on any atom is 0.170 e. The SMILES string of the molecule is CC(C)N(Cc1cccc(C(N)=NO)c1)Cc1cccs1. The van der Waals surface area contributed by atoms with Gasteiger partial charge in [0.2, 0.25) is 0 Å². The van der Waals surface area contributed by atoms with E-state index in [1.54, 1.807) is 11.3 Å². The fourth-order valence-corrected chi connectivity index (χ4v) is 2.87. The topological polar surface area (TPSA) is 61.8 Å². The molecule has 0 saturated heterocycles. The van der Waals surface area contributed by atoms with Crippen LogP contribution < -0.4 is 5.73 Å². The third-order valence-corrected chi connectivity index (χ3v) is 4.25. The second-order valence-corrected chi connectivity index (χ2v) is 6.30. The van der Waals surface area contributed by atoms with Gasteiger partial charge < -0.3 is 10.9 Å². The number of hydrogen-bond acceptors (Lipinski definition) is 4. The molecule has 5 heteroatoms. The first-order chi connectivity index (χ1) is 10.1. The van der Waals surface area contributed by atoms with E-state index < -0.39 is 0 Å². The Morgan fingerprint density at radius 1 is 1.29 bits per heavy atom. The van der Waals surface area contributed by atoms with Crippen molar-refractivity contribution in [2.45, 2.75) is 33.0 Å². The molecule has 0 fully saturated rings. The number of amidine groups is 1. The van der Waals surface area contributed by atoms with Gasteiger partial charge >= 0.3 is 0 Å². The molecule has 21 heavy (non-hydrogen) atoms. The van der Waals surface area contributed by atoms with Crippen LogP contribution in [0.5, 0.6) is 0 Å². The molecule has 4 nitrogen and oxygen atoms in total. The summed E-state index contributed by atoms with van der Waals surface area (Å²) in [7, 11) is 0. The largest absolute Gasteiger partial charge is 0.409 e. The molecule has 1 aromatic carbocycles. The number of rotatable bonds is 6. The lowest BCUT2D eigenvalue weighted by atomic mass is 10.1. The molecule has 0 aliphatic heterocycles. The molecular formula is C16H21N3OS. The van der Waals surface area contributed by atoms with Gasteiger partial charge in [0.1, 0.15) is 0 Å². The molecule has 1 aromatic heterocycles. The van der Waals surface area contributed by atoms with Gasteiger partial charge in [-0.3, -0.25) is 4.90 Å². The summed E-state index contributed by atoms with van der Waals surface area (Å²) in [6.45, 7) is 6.16. The van der Waals surface area contributed by atoms with Crippen LogP contribution in [0.4, 0.5) is 0 Å². The summed E-state index contributed by atoms with van der Waals surface area (Å²) in [5.41, 5.74) is 7.55. The van der Waals surface area contributed by atoms with E-state index in [0.717, 1.165) is 24.2 Å². The van der Waals surface area contributed by atoms with Crippen molar-refractivity contribution in [3.05, 3.63) is 57.8 Å². The third-order valence-electron chi connectivity index (χ3n) is 3.39.